The van der Waals surface area contributed by atoms with Gasteiger partial charge in [0.05, 0.1) is 0 Å². The van der Waals surface area contributed by atoms with Crippen molar-refractivity contribution in [2.75, 3.05) is 13.2 Å². The van der Waals surface area contributed by atoms with Crippen molar-refractivity contribution in [2.45, 2.75) is 32.2 Å². The molecule has 1 aromatic carbocycles. The van der Waals surface area contributed by atoms with Crippen molar-refractivity contribution < 1.29 is 9.90 Å². The van der Waals surface area contributed by atoms with Gasteiger partial charge >= 0.3 is 0 Å². The number of nitrogens with zero attached hydrogens (tertiary/aromatic N) is 1. The van der Waals surface area contributed by atoms with Crippen molar-refractivity contribution in [2.24, 2.45) is 0 Å². The van der Waals surface area contributed by atoms with Crippen LogP contribution < -0.4 is 0 Å². The third-order valence-electron chi connectivity index (χ3n) is 3.52. The molecular formula is C14H18BrNO2. The molecule has 0 aliphatic carbocycles. The van der Waals surface area contributed by atoms with Gasteiger partial charge in [-0.1, -0.05) is 22.0 Å². The van der Waals surface area contributed by atoms with Crippen molar-refractivity contribution in [3.63, 3.8) is 0 Å². The molecule has 0 saturated carbocycles. The first kappa shape index (κ1) is 13.6. The standard InChI is InChI=1S/C14H18BrNO2/c1-10-4-5-11(9-13(10)15)14(18)16-7-2-3-12(16)6-8-17/h4-5,9,12,17H,2-3,6-8H2,1H3. The predicted octanol–water partition coefficient (Wildman–Crippen LogP) is 2.74. The first-order valence-electron chi connectivity index (χ1n) is 6.31. The van der Waals surface area contributed by atoms with E-state index in [1.165, 1.54) is 0 Å². The second-order valence-electron chi connectivity index (χ2n) is 4.77. The molecule has 18 heavy (non-hydrogen) atoms. The monoisotopic (exact) mass is 311 g/mol. The molecule has 1 aromatic rings. The van der Waals surface area contributed by atoms with Crippen LogP contribution in [0.2, 0.25) is 0 Å². The molecule has 98 valence electrons. The lowest BCUT2D eigenvalue weighted by atomic mass is 10.1. The number of carbonyl (C=O) groups is 1. The number of aliphatic hydroxyl groups excluding tert-OH is 1. The third-order valence-corrected chi connectivity index (χ3v) is 4.37. The molecule has 3 nitrogen and oxygen atoms in total. The van der Waals surface area contributed by atoms with Gasteiger partial charge in [-0.3, -0.25) is 4.79 Å². The van der Waals surface area contributed by atoms with Crippen LogP contribution >= 0.6 is 15.9 Å². The van der Waals surface area contributed by atoms with Crippen LogP contribution in [0.15, 0.2) is 22.7 Å². The fourth-order valence-electron chi connectivity index (χ4n) is 2.44. The molecule has 2 rings (SSSR count). The number of hydrogen-bond acceptors (Lipinski definition) is 2. The molecule has 1 heterocycles. The largest absolute Gasteiger partial charge is 0.396 e. The van der Waals surface area contributed by atoms with Crippen LogP contribution in [0.25, 0.3) is 0 Å². The van der Waals surface area contributed by atoms with Gasteiger partial charge in [-0.15, -0.1) is 0 Å². The maximum absolute atomic E-state index is 12.4. The first-order valence-corrected chi connectivity index (χ1v) is 7.10. The highest BCUT2D eigenvalue weighted by Crippen LogP contribution is 2.24. The van der Waals surface area contributed by atoms with Gasteiger partial charge in [-0.25, -0.2) is 0 Å². The van der Waals surface area contributed by atoms with E-state index in [9.17, 15) is 4.79 Å². The first-order chi connectivity index (χ1) is 8.63. The lowest BCUT2D eigenvalue weighted by molar-refractivity contribution is 0.0716. The summed E-state index contributed by atoms with van der Waals surface area (Å²) in [6.07, 6.45) is 2.71. The van der Waals surface area contributed by atoms with Gasteiger partial charge in [-0.2, -0.15) is 0 Å². The van der Waals surface area contributed by atoms with Crippen LogP contribution in [-0.2, 0) is 0 Å². The summed E-state index contributed by atoms with van der Waals surface area (Å²) in [4.78, 5) is 14.3. The van der Waals surface area contributed by atoms with E-state index in [4.69, 9.17) is 5.11 Å². The number of likely N-dealkylation sites (tertiary alicyclic amines) is 1. The quantitative estimate of drug-likeness (QED) is 0.932. The lowest BCUT2D eigenvalue weighted by Gasteiger charge is -2.24. The Morgan fingerprint density at radius 3 is 3.00 bits per heavy atom. The number of rotatable bonds is 3. The second-order valence-corrected chi connectivity index (χ2v) is 5.63. The predicted molar refractivity (Wildman–Crippen MR) is 74.6 cm³/mol. The van der Waals surface area contributed by atoms with Gasteiger partial charge in [0.25, 0.3) is 5.91 Å². The van der Waals surface area contributed by atoms with Gasteiger partial charge in [0, 0.05) is 29.2 Å². The highest BCUT2D eigenvalue weighted by molar-refractivity contribution is 9.10. The molecule has 1 fully saturated rings. The Balaban J connectivity index is 2.17. The Bertz CT molecular complexity index is 447. The van der Waals surface area contributed by atoms with E-state index in [1.807, 2.05) is 30.0 Å². The molecule has 1 aliphatic heterocycles. The third kappa shape index (κ3) is 2.75. The van der Waals surface area contributed by atoms with Gasteiger partial charge in [0.1, 0.15) is 0 Å². The van der Waals surface area contributed by atoms with E-state index in [0.29, 0.717) is 6.42 Å². The molecule has 4 heteroatoms. The Kier molecular flexibility index (Phi) is 4.40. The second kappa shape index (κ2) is 5.85. The molecule has 0 spiro atoms. The zero-order valence-corrected chi connectivity index (χ0v) is 12.1. The Morgan fingerprint density at radius 2 is 2.33 bits per heavy atom. The zero-order chi connectivity index (χ0) is 13.1. The summed E-state index contributed by atoms with van der Waals surface area (Å²) in [7, 11) is 0. The van der Waals surface area contributed by atoms with E-state index in [2.05, 4.69) is 15.9 Å². The topological polar surface area (TPSA) is 40.5 Å². The highest BCUT2D eigenvalue weighted by Gasteiger charge is 2.28. The maximum Gasteiger partial charge on any atom is 0.254 e. The molecule has 0 bridgehead atoms. The van der Waals surface area contributed by atoms with Crippen molar-refractivity contribution in [1.82, 2.24) is 4.90 Å². The Hall–Kier alpha value is -0.870. The van der Waals surface area contributed by atoms with Crippen molar-refractivity contribution >= 4 is 21.8 Å². The molecule has 1 saturated heterocycles. The maximum atomic E-state index is 12.4. The molecular weight excluding hydrogens is 294 g/mol. The van der Waals surface area contributed by atoms with Crippen LogP contribution in [0.4, 0.5) is 0 Å². The van der Waals surface area contributed by atoms with E-state index in [0.717, 1.165) is 35.0 Å². The Labute approximate surface area is 116 Å². The summed E-state index contributed by atoms with van der Waals surface area (Å²) in [6, 6.07) is 5.90. The molecule has 1 amide bonds. The average Bonchev–Trinajstić information content (AvgIpc) is 2.80. The number of amides is 1. The van der Waals surface area contributed by atoms with E-state index in [1.54, 1.807) is 0 Å². The van der Waals surface area contributed by atoms with Crippen molar-refractivity contribution in [1.29, 1.82) is 0 Å². The Morgan fingerprint density at radius 1 is 1.56 bits per heavy atom. The van der Waals surface area contributed by atoms with E-state index >= 15 is 0 Å². The van der Waals surface area contributed by atoms with Crippen LogP contribution in [0.5, 0.6) is 0 Å². The highest BCUT2D eigenvalue weighted by atomic mass is 79.9. The van der Waals surface area contributed by atoms with Crippen LogP contribution in [-0.4, -0.2) is 35.1 Å². The van der Waals surface area contributed by atoms with Crippen molar-refractivity contribution in [3.05, 3.63) is 33.8 Å². The van der Waals surface area contributed by atoms with E-state index < -0.39 is 0 Å². The van der Waals surface area contributed by atoms with Gasteiger partial charge < -0.3 is 10.0 Å². The number of carbonyl (C=O) groups excluding carboxylic acids is 1. The lowest BCUT2D eigenvalue weighted by Crippen LogP contribution is -2.36. The summed E-state index contributed by atoms with van der Waals surface area (Å²) in [6.45, 7) is 2.95. The van der Waals surface area contributed by atoms with Crippen LogP contribution in [0.3, 0.4) is 0 Å². The number of aryl methyl sites for hydroxylation is 1. The van der Waals surface area contributed by atoms with Gasteiger partial charge in [-0.05, 0) is 43.9 Å². The minimum absolute atomic E-state index is 0.0756. The number of aliphatic hydroxyl groups is 1. The SMILES string of the molecule is Cc1ccc(C(=O)N2CCCC2CCO)cc1Br. The molecule has 1 atom stereocenters. The van der Waals surface area contributed by atoms with Gasteiger partial charge in [0.15, 0.2) is 0 Å². The van der Waals surface area contributed by atoms with Crippen LogP contribution in [0, 0.1) is 6.92 Å². The molecule has 1 N–H and O–H groups in total. The summed E-state index contributed by atoms with van der Waals surface area (Å²) in [5.74, 6) is 0.0756. The number of halogens is 1. The van der Waals surface area contributed by atoms with Crippen LogP contribution in [0.1, 0.15) is 35.2 Å². The van der Waals surface area contributed by atoms with Gasteiger partial charge in [0.2, 0.25) is 0 Å². The zero-order valence-electron chi connectivity index (χ0n) is 10.5. The average molecular weight is 312 g/mol. The minimum Gasteiger partial charge on any atom is -0.396 e. The van der Waals surface area contributed by atoms with E-state index in [-0.39, 0.29) is 18.6 Å². The molecule has 1 aliphatic rings. The molecule has 0 radical (unpaired) electrons. The summed E-state index contributed by atoms with van der Waals surface area (Å²) in [5, 5.41) is 9.03. The summed E-state index contributed by atoms with van der Waals surface area (Å²) < 4.78 is 0.964. The number of hydrogen-bond donors (Lipinski definition) is 1. The summed E-state index contributed by atoms with van der Waals surface area (Å²) in [5.41, 5.74) is 1.84. The summed E-state index contributed by atoms with van der Waals surface area (Å²) >= 11 is 3.46. The molecule has 1 unspecified atom stereocenters. The number of benzene rings is 1. The van der Waals surface area contributed by atoms with Crippen molar-refractivity contribution in [3.8, 4) is 0 Å². The fourth-order valence-corrected chi connectivity index (χ4v) is 2.82. The minimum atomic E-state index is 0.0756. The molecule has 0 aromatic heterocycles. The normalized spacial score (nSPS) is 19.3. The fraction of sp³-hybridized carbons (Fsp3) is 0.500. The smallest absolute Gasteiger partial charge is 0.254 e.